The highest BCUT2D eigenvalue weighted by Gasteiger charge is 2.18. The lowest BCUT2D eigenvalue weighted by atomic mass is 10.2. The van der Waals surface area contributed by atoms with Crippen molar-refractivity contribution in [2.24, 2.45) is 0 Å². The summed E-state index contributed by atoms with van der Waals surface area (Å²) in [7, 11) is 0. The number of benzene rings is 1. The number of nitro groups is 1. The zero-order valence-electron chi connectivity index (χ0n) is 6.85. The van der Waals surface area contributed by atoms with Gasteiger partial charge < -0.3 is 0 Å². The molecule has 0 saturated heterocycles. The third-order valence-electron chi connectivity index (χ3n) is 1.52. The molecule has 0 aromatic heterocycles. The molecule has 1 rings (SSSR count). The van der Waals surface area contributed by atoms with Crippen molar-refractivity contribution in [3.63, 3.8) is 0 Å². The van der Waals surface area contributed by atoms with E-state index in [1.807, 2.05) is 0 Å². The first-order valence-corrected chi connectivity index (χ1v) is 4.64. The van der Waals surface area contributed by atoms with E-state index in [9.17, 15) is 10.1 Å². The Morgan fingerprint density at radius 2 is 2.31 bits per heavy atom. The maximum absolute atomic E-state index is 10.6. The van der Waals surface area contributed by atoms with Gasteiger partial charge in [-0.3, -0.25) is 10.1 Å². The summed E-state index contributed by atoms with van der Waals surface area (Å²) in [6, 6.07) is 6.50. The molecule has 0 spiro atoms. The summed E-state index contributed by atoms with van der Waals surface area (Å²) in [5, 5.41) is 19.2. The Kier molecular flexibility index (Phi) is 2.88. The highest BCUT2D eigenvalue weighted by Crippen LogP contribution is 2.29. The normalized spacial score (nSPS) is 9.23. The van der Waals surface area contributed by atoms with Crippen molar-refractivity contribution in [1.29, 1.82) is 5.26 Å². The summed E-state index contributed by atoms with van der Waals surface area (Å²) in [5.41, 5.74) is 0.00866. The second kappa shape index (κ2) is 3.92. The summed E-state index contributed by atoms with van der Waals surface area (Å²) in [5.74, 6) is 0. The SMILES string of the molecule is CSc1cccc(C#N)c1[N+](=O)[O-]. The van der Waals surface area contributed by atoms with Crippen LogP contribution in [0.1, 0.15) is 5.56 Å². The number of nitro benzene ring substituents is 1. The molecule has 0 N–H and O–H groups in total. The average Bonchev–Trinajstić information content (AvgIpc) is 2.16. The molecule has 5 heteroatoms. The molecule has 0 radical (unpaired) electrons. The van der Waals surface area contributed by atoms with Gasteiger partial charge in [-0.25, -0.2) is 0 Å². The minimum absolute atomic E-state index is 0.0995. The smallest absolute Gasteiger partial charge is 0.258 e. The Balaban J connectivity index is 3.41. The number of nitrogens with zero attached hydrogens (tertiary/aromatic N) is 2. The monoisotopic (exact) mass is 194 g/mol. The number of nitriles is 1. The van der Waals surface area contributed by atoms with Crippen molar-refractivity contribution in [2.75, 3.05) is 6.26 Å². The molecule has 1 aromatic carbocycles. The summed E-state index contributed by atoms with van der Waals surface area (Å²) in [6.45, 7) is 0. The van der Waals surface area contributed by atoms with E-state index in [1.165, 1.54) is 17.8 Å². The highest BCUT2D eigenvalue weighted by atomic mass is 32.2. The van der Waals surface area contributed by atoms with E-state index in [-0.39, 0.29) is 11.3 Å². The fraction of sp³-hybridized carbons (Fsp3) is 0.125. The van der Waals surface area contributed by atoms with Crippen LogP contribution in [0, 0.1) is 21.4 Å². The molecule has 0 fully saturated rings. The second-order valence-corrected chi connectivity index (χ2v) is 3.07. The lowest BCUT2D eigenvalue weighted by Crippen LogP contribution is -1.94. The Bertz CT molecular complexity index is 384. The molecule has 0 heterocycles. The molecular weight excluding hydrogens is 188 g/mol. The fourth-order valence-electron chi connectivity index (χ4n) is 0.966. The van der Waals surface area contributed by atoms with Crippen LogP contribution < -0.4 is 0 Å². The first-order valence-electron chi connectivity index (χ1n) is 3.42. The van der Waals surface area contributed by atoms with Crippen LogP contribution in [0.25, 0.3) is 0 Å². The Labute approximate surface area is 79.3 Å². The van der Waals surface area contributed by atoms with E-state index in [0.717, 1.165) is 0 Å². The van der Waals surface area contributed by atoms with E-state index in [4.69, 9.17) is 5.26 Å². The molecule has 0 aliphatic heterocycles. The Morgan fingerprint density at radius 1 is 1.62 bits per heavy atom. The van der Waals surface area contributed by atoms with E-state index in [0.29, 0.717) is 4.90 Å². The molecule has 4 nitrogen and oxygen atoms in total. The number of hydrogen-bond donors (Lipinski definition) is 0. The lowest BCUT2D eigenvalue weighted by molar-refractivity contribution is -0.388. The van der Waals surface area contributed by atoms with Crippen LogP contribution in [0.5, 0.6) is 0 Å². The van der Waals surface area contributed by atoms with Crippen LogP contribution >= 0.6 is 11.8 Å². The van der Waals surface area contributed by atoms with Gasteiger partial charge in [0.1, 0.15) is 11.6 Å². The van der Waals surface area contributed by atoms with Crippen LogP contribution in [0.2, 0.25) is 0 Å². The van der Waals surface area contributed by atoms with Gasteiger partial charge in [0.15, 0.2) is 0 Å². The van der Waals surface area contributed by atoms with Gasteiger partial charge in [0.2, 0.25) is 0 Å². The molecule has 0 atom stereocenters. The molecule has 0 aliphatic carbocycles. The Morgan fingerprint density at radius 3 is 2.77 bits per heavy atom. The minimum atomic E-state index is -0.523. The molecule has 0 unspecified atom stereocenters. The van der Waals surface area contributed by atoms with Crippen molar-refractivity contribution in [1.82, 2.24) is 0 Å². The first-order chi connectivity index (χ1) is 6.20. The maximum Gasteiger partial charge on any atom is 0.300 e. The molecular formula is C8H6N2O2S. The number of rotatable bonds is 2. The van der Waals surface area contributed by atoms with Gasteiger partial charge in [-0.2, -0.15) is 5.26 Å². The Hall–Kier alpha value is -1.54. The molecule has 0 amide bonds. The van der Waals surface area contributed by atoms with Gasteiger partial charge in [-0.1, -0.05) is 6.07 Å². The quantitative estimate of drug-likeness (QED) is 0.411. The van der Waals surface area contributed by atoms with Gasteiger partial charge in [0, 0.05) is 0 Å². The van der Waals surface area contributed by atoms with E-state index in [2.05, 4.69) is 0 Å². The standard InChI is InChI=1S/C8H6N2O2S/c1-13-7-4-2-3-6(5-9)8(7)10(11)12/h2-4H,1H3. The van der Waals surface area contributed by atoms with E-state index in [1.54, 1.807) is 24.5 Å². The number of para-hydroxylation sites is 1. The van der Waals surface area contributed by atoms with Crippen molar-refractivity contribution >= 4 is 17.4 Å². The third-order valence-corrected chi connectivity index (χ3v) is 2.29. The zero-order valence-corrected chi connectivity index (χ0v) is 7.67. The molecule has 0 bridgehead atoms. The zero-order chi connectivity index (χ0) is 9.84. The molecule has 0 aliphatic rings. The van der Waals surface area contributed by atoms with Gasteiger partial charge in [0.05, 0.1) is 9.82 Å². The second-order valence-electron chi connectivity index (χ2n) is 2.23. The van der Waals surface area contributed by atoms with Gasteiger partial charge in [-0.15, -0.1) is 11.8 Å². The topological polar surface area (TPSA) is 66.9 Å². The summed E-state index contributed by atoms with van der Waals surface area (Å²) in [6.07, 6.45) is 1.74. The summed E-state index contributed by atoms with van der Waals surface area (Å²) in [4.78, 5) is 10.6. The van der Waals surface area contributed by atoms with E-state index >= 15 is 0 Å². The predicted molar refractivity (Wildman–Crippen MR) is 49.6 cm³/mol. The van der Waals surface area contributed by atoms with Crippen LogP contribution in [-0.2, 0) is 0 Å². The van der Waals surface area contributed by atoms with Crippen LogP contribution in [0.4, 0.5) is 5.69 Å². The maximum atomic E-state index is 10.6. The minimum Gasteiger partial charge on any atom is -0.258 e. The van der Waals surface area contributed by atoms with Gasteiger partial charge >= 0.3 is 0 Å². The highest BCUT2D eigenvalue weighted by molar-refractivity contribution is 7.98. The fourth-order valence-corrected chi connectivity index (χ4v) is 1.56. The molecule has 0 saturated carbocycles. The predicted octanol–water partition coefficient (Wildman–Crippen LogP) is 2.19. The number of hydrogen-bond acceptors (Lipinski definition) is 4. The van der Waals surface area contributed by atoms with Crippen LogP contribution in [-0.4, -0.2) is 11.2 Å². The van der Waals surface area contributed by atoms with Crippen molar-refractivity contribution in [2.45, 2.75) is 4.90 Å². The molecule has 1 aromatic rings. The van der Waals surface area contributed by atoms with Crippen molar-refractivity contribution in [3.8, 4) is 6.07 Å². The molecule has 13 heavy (non-hydrogen) atoms. The van der Waals surface area contributed by atoms with Crippen LogP contribution in [0.3, 0.4) is 0 Å². The van der Waals surface area contributed by atoms with Crippen molar-refractivity contribution in [3.05, 3.63) is 33.9 Å². The summed E-state index contributed by atoms with van der Waals surface area (Å²) < 4.78 is 0. The third kappa shape index (κ3) is 1.79. The molecule has 66 valence electrons. The largest absolute Gasteiger partial charge is 0.300 e. The number of thioether (sulfide) groups is 1. The van der Waals surface area contributed by atoms with Gasteiger partial charge in [0.25, 0.3) is 5.69 Å². The van der Waals surface area contributed by atoms with Crippen LogP contribution in [0.15, 0.2) is 23.1 Å². The first kappa shape index (κ1) is 9.55. The lowest BCUT2D eigenvalue weighted by Gasteiger charge is -1.99. The average molecular weight is 194 g/mol. The summed E-state index contributed by atoms with van der Waals surface area (Å²) >= 11 is 1.26. The van der Waals surface area contributed by atoms with Crippen molar-refractivity contribution < 1.29 is 4.92 Å². The van der Waals surface area contributed by atoms with E-state index < -0.39 is 4.92 Å². The van der Waals surface area contributed by atoms with Gasteiger partial charge in [-0.05, 0) is 18.4 Å².